The van der Waals surface area contributed by atoms with Crippen molar-refractivity contribution < 1.29 is 91.8 Å². The summed E-state index contributed by atoms with van der Waals surface area (Å²) in [5, 5.41) is 62.4. The van der Waals surface area contributed by atoms with Gasteiger partial charge in [-0.2, -0.15) is 0 Å². The first-order chi connectivity index (χ1) is 36.3. The van der Waals surface area contributed by atoms with Gasteiger partial charge in [0.15, 0.2) is 6.29 Å². The van der Waals surface area contributed by atoms with Crippen LogP contribution in [-0.4, -0.2) is 203 Å². The molecule has 2 rings (SSSR count). The predicted molar refractivity (Wildman–Crippen MR) is 288 cm³/mol. The third kappa shape index (κ3) is 28.3. The zero-order chi connectivity index (χ0) is 60.3. The molecule has 26 nitrogen and oxygen atoms in total. The molecule has 1 saturated carbocycles. The van der Waals surface area contributed by atoms with Crippen LogP contribution < -0.4 is 31.9 Å². The van der Waals surface area contributed by atoms with Crippen molar-refractivity contribution in [3.8, 4) is 0 Å². The molecule has 0 aromatic heterocycles. The van der Waals surface area contributed by atoms with Crippen molar-refractivity contribution in [3.05, 3.63) is 11.8 Å². The highest BCUT2D eigenvalue weighted by Gasteiger charge is 2.51. The Bertz CT molecular complexity index is 1960. The zero-order valence-corrected chi connectivity index (χ0v) is 49.8. The first-order valence-electron chi connectivity index (χ1n) is 27.1. The molecule has 0 unspecified atom stereocenters. The number of unbranched alkanes of at least 4 members (excludes halogenated alkanes) is 2. The molecule has 26 heteroatoms. The molecule has 0 radical (unpaired) electrons. The number of aliphatic hydroxyl groups excluding tert-OH is 4. The molecule has 0 bridgehead atoms. The van der Waals surface area contributed by atoms with E-state index in [0.29, 0.717) is 25.3 Å². The summed E-state index contributed by atoms with van der Waals surface area (Å²) in [4.78, 5) is 79.6. The number of likely N-dealkylation sites (N-methyl/N-ethyl adjacent to an activating group) is 1. The molecule has 0 aromatic rings. The fourth-order valence-corrected chi connectivity index (χ4v) is 7.72. The van der Waals surface area contributed by atoms with Crippen molar-refractivity contribution in [2.24, 2.45) is 0 Å². The molecule has 10 N–H and O–H groups in total. The summed E-state index contributed by atoms with van der Waals surface area (Å²) < 4.78 is 52.6. The normalized spacial score (nSPS) is 22.5. The fourth-order valence-electron chi connectivity index (χ4n) is 7.72. The molecule has 1 fully saturated rings. The number of nitrogens with zero attached hydrogens (tertiary/aromatic N) is 1. The molecule has 0 aromatic carbocycles. The van der Waals surface area contributed by atoms with E-state index < -0.39 is 145 Å². The Morgan fingerprint density at radius 2 is 1.16 bits per heavy atom. The van der Waals surface area contributed by atoms with Gasteiger partial charge in [0.1, 0.15) is 64.3 Å². The summed E-state index contributed by atoms with van der Waals surface area (Å²) >= 11 is 0. The molecular formula is C53H97N7O19. The minimum atomic E-state index is -1.92. The lowest BCUT2D eigenvalue weighted by Gasteiger charge is -2.47. The Morgan fingerprint density at radius 3 is 1.70 bits per heavy atom. The van der Waals surface area contributed by atoms with Crippen LogP contribution in [0.3, 0.4) is 0 Å². The summed E-state index contributed by atoms with van der Waals surface area (Å²) in [6.07, 6.45) is -12.2. The number of carbonyl (C=O) groups is 6. The largest absolute Gasteiger partial charge is 0.466 e. The predicted octanol–water partition coefficient (Wildman–Crippen LogP) is 3.93. The van der Waals surface area contributed by atoms with Crippen molar-refractivity contribution in [1.29, 1.82) is 0 Å². The van der Waals surface area contributed by atoms with Gasteiger partial charge in [-0.3, -0.25) is 4.79 Å². The van der Waals surface area contributed by atoms with Crippen LogP contribution in [0.1, 0.15) is 149 Å². The van der Waals surface area contributed by atoms with Gasteiger partial charge in [-0.25, -0.2) is 24.0 Å². The summed E-state index contributed by atoms with van der Waals surface area (Å²) in [5.74, 6) is -0.590. The maximum Gasteiger partial charge on any atom is 0.410 e. The van der Waals surface area contributed by atoms with E-state index in [0.717, 1.165) is 17.7 Å². The molecule has 6 amide bonds. The van der Waals surface area contributed by atoms with Crippen molar-refractivity contribution in [1.82, 2.24) is 36.8 Å². The van der Waals surface area contributed by atoms with Crippen LogP contribution in [0, 0.1) is 0 Å². The molecule has 0 spiro atoms. The van der Waals surface area contributed by atoms with E-state index in [4.69, 9.17) is 42.6 Å². The Labute approximate surface area is 466 Å². The summed E-state index contributed by atoms with van der Waals surface area (Å²) in [6.45, 7) is 26.8. The standard InChI is InChI=1S/C53H97N7O19/c1-31(60(17)48(70)79-53(14,15)16)37(63)43(71-28-27-61)74-39-34(57-41(65)36(62)23-26-56-45(67)76-50(5,6)7)29-35(59-47(69)78-52(11,12)13)40(38(39)64)73-42-33(58-46(68)77-51(8,9)10)22-21-32(72-42)30-54-24-19-18-20-25-55-44(66)75-49(2,3)4/h21,31,33-40,42-43,54,61-64H,18-20,22-30H2,1-17H3,(H,55,66)(H,56,67)(H,57,65)(H,58,68)(H,59,69)/t31-,33+,34+,35-,36-,37+,38+,39-,40+,42+,43+/m0/s1. The molecule has 1 aliphatic heterocycles. The summed E-state index contributed by atoms with van der Waals surface area (Å²) in [6, 6.07) is -4.73. The van der Waals surface area contributed by atoms with Gasteiger partial charge in [-0.1, -0.05) is 6.42 Å². The van der Waals surface area contributed by atoms with Gasteiger partial charge in [0, 0.05) is 20.1 Å². The van der Waals surface area contributed by atoms with E-state index in [1.54, 1.807) is 110 Å². The molecule has 1 heterocycles. The highest BCUT2D eigenvalue weighted by atomic mass is 16.7. The van der Waals surface area contributed by atoms with Gasteiger partial charge in [0.2, 0.25) is 12.2 Å². The van der Waals surface area contributed by atoms with Crippen molar-refractivity contribution in [3.63, 3.8) is 0 Å². The Kier molecular flexibility index (Phi) is 27.8. The first-order valence-corrected chi connectivity index (χ1v) is 27.1. The first kappa shape index (κ1) is 70.1. The number of alkyl carbamates (subject to hydrolysis) is 4. The topological polar surface area (TPSA) is 342 Å². The molecule has 2 aliphatic rings. The monoisotopic (exact) mass is 1140 g/mol. The lowest BCUT2D eigenvalue weighted by molar-refractivity contribution is -0.276. The molecule has 1 aliphatic carbocycles. The number of ether oxygens (including phenoxy) is 9. The van der Waals surface area contributed by atoms with E-state index >= 15 is 0 Å². The molecular weight excluding hydrogens is 1040 g/mol. The van der Waals surface area contributed by atoms with E-state index in [9.17, 15) is 49.2 Å². The maximum absolute atomic E-state index is 13.9. The average Bonchev–Trinajstić information content (AvgIpc) is 3.27. The number of rotatable bonds is 25. The Hall–Kier alpha value is -4.96. The quantitative estimate of drug-likeness (QED) is 0.0352. The van der Waals surface area contributed by atoms with Gasteiger partial charge >= 0.3 is 30.5 Å². The van der Waals surface area contributed by atoms with Gasteiger partial charge in [-0.05, 0) is 156 Å². The highest BCUT2D eigenvalue weighted by Crippen LogP contribution is 2.32. The Morgan fingerprint density at radius 1 is 0.671 bits per heavy atom. The van der Waals surface area contributed by atoms with Gasteiger partial charge in [0.05, 0.1) is 43.9 Å². The van der Waals surface area contributed by atoms with Crippen LogP contribution in [0.2, 0.25) is 0 Å². The second-order valence-electron chi connectivity index (χ2n) is 24.6. The van der Waals surface area contributed by atoms with E-state index in [2.05, 4.69) is 31.9 Å². The number of aliphatic hydroxyl groups is 4. The minimum Gasteiger partial charge on any atom is -0.466 e. The van der Waals surface area contributed by atoms with E-state index in [1.165, 1.54) is 14.0 Å². The third-order valence-electron chi connectivity index (χ3n) is 11.3. The summed E-state index contributed by atoms with van der Waals surface area (Å²) in [5.41, 5.74) is -4.26. The van der Waals surface area contributed by atoms with Crippen molar-refractivity contribution in [2.75, 3.05) is 46.4 Å². The van der Waals surface area contributed by atoms with Crippen LogP contribution >= 0.6 is 0 Å². The van der Waals surface area contributed by atoms with Crippen LogP contribution in [0.4, 0.5) is 24.0 Å². The second kappa shape index (κ2) is 31.3. The SMILES string of the molecule is C[C@@H]([C@@H](O)[C@H](OCCO)O[C@@H]1[C@@H](O)[C@H](O[C@H]2OC(CNCCCCCNC(=O)OC(C)(C)C)=CC[C@H]2NC(=O)OC(C)(C)C)[C@@H](NC(=O)OC(C)(C)C)C[C@H]1NC(=O)[C@@H](O)CCNC(=O)OC(C)(C)C)N(C)C(=O)OC(C)(C)C. The average molecular weight is 1140 g/mol. The number of hydrogen-bond donors (Lipinski definition) is 10. The van der Waals surface area contributed by atoms with Crippen molar-refractivity contribution >= 4 is 36.4 Å². The zero-order valence-electron chi connectivity index (χ0n) is 49.8. The van der Waals surface area contributed by atoms with E-state index in [-0.39, 0.29) is 32.4 Å². The molecule has 0 saturated heterocycles. The maximum atomic E-state index is 13.9. The number of hydrogen-bond acceptors (Lipinski definition) is 20. The minimum absolute atomic E-state index is 0.135. The number of nitrogens with one attached hydrogen (secondary N) is 6. The second-order valence-corrected chi connectivity index (χ2v) is 24.6. The fraction of sp³-hybridized carbons (Fsp3) is 0.849. The van der Waals surface area contributed by atoms with Crippen LogP contribution in [-0.2, 0) is 47.4 Å². The molecule has 458 valence electrons. The summed E-state index contributed by atoms with van der Waals surface area (Å²) in [7, 11) is 1.37. The number of carbonyl (C=O) groups excluding carboxylic acids is 6. The van der Waals surface area contributed by atoms with E-state index in [1.807, 2.05) is 0 Å². The molecule has 79 heavy (non-hydrogen) atoms. The molecule has 11 atom stereocenters. The third-order valence-corrected chi connectivity index (χ3v) is 11.3. The van der Waals surface area contributed by atoms with Crippen LogP contribution in [0.5, 0.6) is 0 Å². The van der Waals surface area contributed by atoms with Crippen molar-refractivity contribution in [2.45, 2.75) is 245 Å². The van der Waals surface area contributed by atoms with Gasteiger partial charge in [-0.15, -0.1) is 0 Å². The number of amides is 6. The lowest BCUT2D eigenvalue weighted by atomic mass is 9.83. The van der Waals surface area contributed by atoms with Crippen LogP contribution in [0.25, 0.3) is 0 Å². The van der Waals surface area contributed by atoms with Crippen LogP contribution in [0.15, 0.2) is 11.8 Å². The van der Waals surface area contributed by atoms with Gasteiger partial charge < -0.3 is 99.9 Å². The smallest absolute Gasteiger partial charge is 0.410 e. The Balaban J connectivity index is 2.64. The highest BCUT2D eigenvalue weighted by molar-refractivity contribution is 5.81. The lowest BCUT2D eigenvalue weighted by Crippen LogP contribution is -2.68. The van der Waals surface area contributed by atoms with Gasteiger partial charge in [0.25, 0.3) is 0 Å².